The van der Waals surface area contributed by atoms with Gasteiger partial charge in [0.2, 0.25) is 0 Å². The maximum atomic E-state index is 12.5. The second kappa shape index (κ2) is 11.8. The molecule has 39 heavy (non-hydrogen) atoms. The zero-order chi connectivity index (χ0) is 27.6. The Bertz CT molecular complexity index is 1340. The van der Waals surface area contributed by atoms with E-state index in [0.717, 1.165) is 27.1 Å². The van der Waals surface area contributed by atoms with Gasteiger partial charge in [0, 0.05) is 35.1 Å². The molecule has 2 saturated heterocycles. The van der Waals surface area contributed by atoms with Crippen LogP contribution in [0, 0.1) is 15.7 Å². The Balaban J connectivity index is 1.09. The molecule has 0 N–H and O–H groups in total. The van der Waals surface area contributed by atoms with Crippen LogP contribution in [0.3, 0.4) is 0 Å². The second-order valence-corrected chi connectivity index (χ2v) is 13.2. The summed E-state index contributed by atoms with van der Waals surface area (Å²) in [5.74, 6) is -1.19. The summed E-state index contributed by atoms with van der Waals surface area (Å²) in [7, 11) is 3.16. The van der Waals surface area contributed by atoms with Gasteiger partial charge in [-0.1, -0.05) is 51.6 Å². The van der Waals surface area contributed by atoms with E-state index in [1.807, 2.05) is 25.1 Å². The smallest absolute Gasteiger partial charge is 0.334 e. The lowest BCUT2D eigenvalue weighted by Crippen LogP contribution is -2.35. The fraction of sp³-hybridized carbons (Fsp3) is 0.448. The van der Waals surface area contributed by atoms with Crippen LogP contribution in [-0.4, -0.2) is 42.3 Å². The minimum Gasteiger partial charge on any atom is -0.465 e. The molecule has 7 nitrogen and oxygen atoms in total. The minimum atomic E-state index is -0.418. The van der Waals surface area contributed by atoms with Gasteiger partial charge in [0.15, 0.2) is 0 Å². The van der Waals surface area contributed by atoms with E-state index in [2.05, 4.69) is 18.7 Å². The molecule has 2 aromatic rings. The van der Waals surface area contributed by atoms with Crippen molar-refractivity contribution >= 4 is 50.8 Å². The van der Waals surface area contributed by atoms with Gasteiger partial charge >= 0.3 is 17.9 Å². The third-order valence-corrected chi connectivity index (χ3v) is 10.4. The van der Waals surface area contributed by atoms with E-state index in [0.29, 0.717) is 24.2 Å². The number of rotatable bonds is 8. The topological polar surface area (TPSA) is 91.4 Å². The largest absolute Gasteiger partial charge is 0.465 e. The highest BCUT2D eigenvalue weighted by atomic mass is 32.9. The van der Waals surface area contributed by atoms with Crippen LogP contribution in [0.2, 0.25) is 0 Å². The third kappa shape index (κ3) is 6.57. The van der Waals surface area contributed by atoms with Crippen molar-refractivity contribution in [1.29, 1.82) is 0 Å². The van der Waals surface area contributed by atoms with Gasteiger partial charge in [-0.3, -0.25) is 9.59 Å². The van der Waals surface area contributed by atoms with Crippen molar-refractivity contribution in [3.63, 3.8) is 0 Å². The number of carbonyl (C=O) groups excluding carboxylic acids is 3. The Hall–Kier alpha value is -2.66. The van der Waals surface area contributed by atoms with Crippen molar-refractivity contribution in [3.8, 4) is 16.2 Å². The molecule has 0 bridgehead atoms. The molecule has 10 heteroatoms. The molecule has 5 atom stereocenters. The highest BCUT2D eigenvalue weighted by Gasteiger charge is 2.62. The Labute approximate surface area is 239 Å². The van der Waals surface area contributed by atoms with Crippen LogP contribution in [-0.2, 0) is 28.6 Å². The van der Waals surface area contributed by atoms with Gasteiger partial charge in [-0.2, -0.15) is 0 Å². The first-order chi connectivity index (χ1) is 18.7. The molecule has 1 aromatic carbocycles. The van der Waals surface area contributed by atoms with E-state index in [1.165, 1.54) is 0 Å². The summed E-state index contributed by atoms with van der Waals surface area (Å²) in [6.45, 7) is 6.15. The summed E-state index contributed by atoms with van der Waals surface area (Å²) in [5, 5.41) is 0. The molecule has 3 aliphatic rings. The summed E-state index contributed by atoms with van der Waals surface area (Å²) in [6, 6.07) is 9.22. The Morgan fingerprint density at radius 1 is 1.15 bits per heavy atom. The van der Waals surface area contributed by atoms with Crippen LogP contribution in [0.25, 0.3) is 10.4 Å². The van der Waals surface area contributed by atoms with E-state index in [4.69, 9.17) is 31.2 Å². The number of hydrogen-bond acceptors (Lipinski definition) is 10. The van der Waals surface area contributed by atoms with Crippen molar-refractivity contribution in [2.75, 3.05) is 6.61 Å². The zero-order valence-corrected chi connectivity index (χ0v) is 24.0. The monoisotopic (exact) mass is 586 g/mol. The molecule has 0 amide bonds. The van der Waals surface area contributed by atoms with Gasteiger partial charge in [0.1, 0.15) is 21.8 Å². The first kappa shape index (κ1) is 27.9. The molecule has 1 unspecified atom stereocenters. The lowest BCUT2D eigenvalue weighted by molar-refractivity contribution is -0.147. The summed E-state index contributed by atoms with van der Waals surface area (Å²) < 4.78 is 23.5. The molecule has 206 valence electrons. The normalized spacial score (nSPS) is 28.5. The first-order valence-electron chi connectivity index (χ1n) is 13.0. The summed E-state index contributed by atoms with van der Waals surface area (Å²) in [4.78, 5) is 38.2. The molecule has 1 aliphatic carbocycles. The van der Waals surface area contributed by atoms with E-state index in [1.54, 1.807) is 32.8 Å². The molecule has 3 heterocycles. The molecular formula is C29H30O7S3. The molecule has 0 saturated carbocycles. The number of epoxide rings is 1. The van der Waals surface area contributed by atoms with Crippen molar-refractivity contribution in [2.24, 2.45) is 11.8 Å². The van der Waals surface area contributed by atoms with Gasteiger partial charge in [-0.25, -0.2) is 4.79 Å². The average Bonchev–Trinajstić information content (AvgIpc) is 3.21. The molecule has 5 rings (SSSR count). The number of esters is 3. The molecule has 0 radical (unpaired) electrons. The maximum Gasteiger partial charge on any atom is 0.334 e. The SMILES string of the molecule is C=C1C(=O)O[C@H]2[C@H]1C(COC(=O)CCCC(=O)Oc1ccc(-c3cc(=S)ss3)cc1)C/C=C\CC[C@@]1(C)O[C@@H]21. The van der Waals surface area contributed by atoms with Crippen molar-refractivity contribution in [1.82, 2.24) is 0 Å². The molecular weight excluding hydrogens is 557 g/mol. The van der Waals surface area contributed by atoms with E-state index >= 15 is 0 Å². The Morgan fingerprint density at radius 2 is 1.92 bits per heavy atom. The van der Waals surface area contributed by atoms with Crippen LogP contribution >= 0.6 is 32.9 Å². The van der Waals surface area contributed by atoms with E-state index < -0.39 is 24.0 Å². The van der Waals surface area contributed by atoms with Gasteiger partial charge in [0.25, 0.3) is 0 Å². The van der Waals surface area contributed by atoms with Crippen molar-refractivity contribution in [2.45, 2.75) is 63.3 Å². The predicted molar refractivity (Wildman–Crippen MR) is 151 cm³/mol. The summed E-state index contributed by atoms with van der Waals surface area (Å²) >= 11 is 5.18. The van der Waals surface area contributed by atoms with Gasteiger partial charge in [-0.05, 0) is 68.5 Å². The van der Waals surface area contributed by atoms with Crippen LogP contribution in [0.4, 0.5) is 0 Å². The van der Waals surface area contributed by atoms with Crippen molar-refractivity contribution < 1.29 is 33.3 Å². The maximum absolute atomic E-state index is 12.5. The number of fused-ring (bicyclic) bond motifs is 3. The number of allylic oxidation sites excluding steroid dienone is 2. The summed E-state index contributed by atoms with van der Waals surface area (Å²) in [5.41, 5.74) is 1.11. The lowest BCUT2D eigenvalue weighted by atomic mass is 9.78. The third-order valence-electron chi connectivity index (χ3n) is 7.47. The highest BCUT2D eigenvalue weighted by molar-refractivity contribution is 7.80. The van der Waals surface area contributed by atoms with Gasteiger partial charge in [0.05, 0.1) is 12.2 Å². The molecule has 1 aromatic heterocycles. The molecule has 2 aliphatic heterocycles. The second-order valence-electron chi connectivity index (χ2n) is 10.3. The first-order valence-corrected chi connectivity index (χ1v) is 15.6. The van der Waals surface area contributed by atoms with Crippen LogP contribution < -0.4 is 4.74 Å². The predicted octanol–water partition coefficient (Wildman–Crippen LogP) is 6.44. The van der Waals surface area contributed by atoms with Gasteiger partial charge in [-0.15, -0.1) is 0 Å². The standard InChI is InChI=1S/C29H30O7S3/c1-17-25-19(7-4-3-5-14-29(2)27(36-29)26(25)35-28(17)32)16-33-22(30)8-6-9-23(31)34-20-12-10-18(11-13-20)21-15-24(37)39-38-21/h3-4,10-13,15,19,25-27H,1,5-9,14,16H2,2H3/b4-3-/t19?,25-,26+,27+,29-/m1/s1. The number of benzene rings is 1. The van der Waals surface area contributed by atoms with Gasteiger partial charge < -0.3 is 18.9 Å². The number of ether oxygens (including phenoxy) is 4. The molecule has 2 fully saturated rings. The highest BCUT2D eigenvalue weighted by Crippen LogP contribution is 2.50. The van der Waals surface area contributed by atoms with Crippen LogP contribution in [0.5, 0.6) is 5.75 Å². The average molecular weight is 587 g/mol. The summed E-state index contributed by atoms with van der Waals surface area (Å²) in [6.07, 6.45) is 6.46. The quantitative estimate of drug-likeness (QED) is 0.0664. The number of carbonyl (C=O) groups is 3. The fourth-order valence-corrected chi connectivity index (χ4v) is 7.65. The zero-order valence-electron chi connectivity index (χ0n) is 21.6. The van der Waals surface area contributed by atoms with Crippen LogP contribution in [0.1, 0.15) is 45.4 Å². The minimum absolute atomic E-state index is 0.0911. The van der Waals surface area contributed by atoms with Crippen molar-refractivity contribution in [3.05, 3.63) is 58.5 Å². The lowest BCUT2D eigenvalue weighted by Gasteiger charge is -2.26. The Kier molecular flexibility index (Phi) is 8.46. The Morgan fingerprint density at radius 3 is 2.67 bits per heavy atom. The number of hydrogen-bond donors (Lipinski definition) is 0. The fourth-order valence-electron chi connectivity index (χ4n) is 5.25. The van der Waals surface area contributed by atoms with Crippen LogP contribution in [0.15, 0.2) is 54.6 Å². The molecule has 0 spiro atoms. The van der Waals surface area contributed by atoms with E-state index in [9.17, 15) is 14.4 Å². The van der Waals surface area contributed by atoms with E-state index in [-0.39, 0.29) is 43.0 Å².